The third-order valence-electron chi connectivity index (χ3n) is 3.20. The molecule has 0 aliphatic heterocycles. The summed E-state index contributed by atoms with van der Waals surface area (Å²) in [6.45, 7) is 15.9. The van der Waals surface area contributed by atoms with E-state index in [1.807, 2.05) is 0 Å². The molecule has 0 amide bonds. The Kier molecular flexibility index (Phi) is 9.72. The Hall–Kier alpha value is -0.790. The molecule has 2 nitrogen and oxygen atoms in total. The van der Waals surface area contributed by atoms with E-state index in [9.17, 15) is 0 Å². The first-order chi connectivity index (χ1) is 8.51. The van der Waals surface area contributed by atoms with Crippen molar-refractivity contribution in [3.8, 4) is 0 Å². The van der Waals surface area contributed by atoms with Crippen molar-refractivity contribution in [2.24, 2.45) is 16.9 Å². The maximum absolute atomic E-state index is 4.17. The van der Waals surface area contributed by atoms with Crippen LogP contribution in [0.15, 0.2) is 16.9 Å². The maximum atomic E-state index is 4.17. The molecule has 0 bridgehead atoms. The molecule has 0 fully saturated rings. The Labute approximate surface area is 114 Å². The molecule has 0 saturated carbocycles. The predicted octanol–water partition coefficient (Wildman–Crippen LogP) is 5.07. The number of hydrogen-bond acceptors (Lipinski definition) is 2. The molecular weight excluding hydrogens is 220 g/mol. The van der Waals surface area contributed by atoms with Crippen LogP contribution in [-0.2, 0) is 0 Å². The second-order valence-electron chi connectivity index (χ2n) is 5.87. The second-order valence-corrected chi connectivity index (χ2v) is 5.87. The third kappa shape index (κ3) is 8.32. The molecule has 0 atom stereocenters. The normalized spacial score (nSPS) is 12.3. The quantitative estimate of drug-likeness (QED) is 0.391. The van der Waals surface area contributed by atoms with Gasteiger partial charge in [-0.05, 0) is 44.4 Å². The maximum Gasteiger partial charge on any atom is 0.0411 e. The standard InChI is InChI=1S/C16H32N2/c1-7-16(12-8-10-14(2)3)18(17-6)13-9-11-15(4)5/h7,14-15H,6,8-13H2,1-5H3/b16-7-. The van der Waals surface area contributed by atoms with Gasteiger partial charge in [0.25, 0.3) is 0 Å². The van der Waals surface area contributed by atoms with E-state index < -0.39 is 0 Å². The minimum atomic E-state index is 0.770. The van der Waals surface area contributed by atoms with Crippen LogP contribution in [0.2, 0.25) is 0 Å². The van der Waals surface area contributed by atoms with Crippen LogP contribution in [0, 0.1) is 11.8 Å². The van der Waals surface area contributed by atoms with Gasteiger partial charge in [0.1, 0.15) is 0 Å². The van der Waals surface area contributed by atoms with E-state index in [0.717, 1.165) is 24.8 Å². The van der Waals surface area contributed by atoms with Crippen molar-refractivity contribution in [3.63, 3.8) is 0 Å². The van der Waals surface area contributed by atoms with Gasteiger partial charge in [0.2, 0.25) is 0 Å². The summed E-state index contributed by atoms with van der Waals surface area (Å²) in [5.74, 6) is 1.56. The monoisotopic (exact) mass is 252 g/mol. The highest BCUT2D eigenvalue weighted by molar-refractivity contribution is 5.23. The zero-order valence-electron chi connectivity index (χ0n) is 13.1. The molecule has 0 aliphatic rings. The van der Waals surface area contributed by atoms with Crippen molar-refractivity contribution >= 4 is 6.72 Å². The van der Waals surface area contributed by atoms with Gasteiger partial charge < -0.3 is 0 Å². The summed E-state index contributed by atoms with van der Waals surface area (Å²) in [4.78, 5) is 0. The van der Waals surface area contributed by atoms with Crippen molar-refractivity contribution in [3.05, 3.63) is 11.8 Å². The minimum absolute atomic E-state index is 0.770. The molecular formula is C16H32N2. The molecule has 0 heterocycles. The summed E-state index contributed by atoms with van der Waals surface area (Å²) >= 11 is 0. The lowest BCUT2D eigenvalue weighted by molar-refractivity contribution is 0.328. The predicted molar refractivity (Wildman–Crippen MR) is 82.8 cm³/mol. The average Bonchev–Trinajstić information content (AvgIpc) is 2.30. The van der Waals surface area contributed by atoms with Gasteiger partial charge in [-0.15, -0.1) is 0 Å². The SMILES string of the molecule is C=NN(CCCC(C)C)/C(=C\C)CCCC(C)C. The Morgan fingerprint density at radius 3 is 2.11 bits per heavy atom. The van der Waals surface area contributed by atoms with Crippen molar-refractivity contribution < 1.29 is 0 Å². The largest absolute Gasteiger partial charge is 0.271 e. The lowest BCUT2D eigenvalue weighted by Gasteiger charge is -2.22. The van der Waals surface area contributed by atoms with Crippen molar-refractivity contribution in [2.75, 3.05) is 6.54 Å². The highest BCUT2D eigenvalue weighted by Crippen LogP contribution is 2.17. The van der Waals surface area contributed by atoms with Gasteiger partial charge in [0, 0.05) is 19.0 Å². The van der Waals surface area contributed by atoms with Crippen LogP contribution in [0.1, 0.15) is 66.7 Å². The summed E-state index contributed by atoms with van der Waals surface area (Å²) in [6.07, 6.45) is 8.29. The molecule has 0 aliphatic carbocycles. The number of nitrogens with zero attached hydrogens (tertiary/aromatic N) is 2. The smallest absolute Gasteiger partial charge is 0.0411 e. The molecule has 0 saturated heterocycles. The Morgan fingerprint density at radius 1 is 1.11 bits per heavy atom. The number of rotatable bonds is 10. The van der Waals surface area contributed by atoms with Gasteiger partial charge in [-0.3, -0.25) is 5.01 Å². The molecule has 18 heavy (non-hydrogen) atoms. The molecule has 0 aromatic carbocycles. The topological polar surface area (TPSA) is 15.6 Å². The second kappa shape index (κ2) is 10.2. The van der Waals surface area contributed by atoms with E-state index >= 15 is 0 Å². The van der Waals surface area contributed by atoms with Crippen LogP contribution in [-0.4, -0.2) is 18.3 Å². The van der Waals surface area contributed by atoms with Crippen LogP contribution in [0.4, 0.5) is 0 Å². The minimum Gasteiger partial charge on any atom is -0.271 e. The van der Waals surface area contributed by atoms with Gasteiger partial charge >= 0.3 is 0 Å². The van der Waals surface area contributed by atoms with Crippen LogP contribution in [0.5, 0.6) is 0 Å². The molecule has 106 valence electrons. The lowest BCUT2D eigenvalue weighted by atomic mass is 10.0. The fourth-order valence-electron chi connectivity index (χ4n) is 2.07. The fraction of sp³-hybridized carbons (Fsp3) is 0.812. The summed E-state index contributed by atoms with van der Waals surface area (Å²) in [5, 5.41) is 6.25. The first kappa shape index (κ1) is 17.2. The lowest BCUT2D eigenvalue weighted by Crippen LogP contribution is -2.18. The number of hydrogen-bond donors (Lipinski definition) is 0. The molecule has 0 aromatic rings. The van der Waals surface area contributed by atoms with Crippen molar-refractivity contribution in [1.82, 2.24) is 5.01 Å². The highest BCUT2D eigenvalue weighted by atomic mass is 15.4. The van der Waals surface area contributed by atoms with E-state index in [1.165, 1.54) is 31.4 Å². The zero-order valence-corrected chi connectivity index (χ0v) is 13.1. The van der Waals surface area contributed by atoms with Crippen LogP contribution in [0.3, 0.4) is 0 Å². The van der Waals surface area contributed by atoms with Gasteiger partial charge in [-0.2, -0.15) is 5.10 Å². The highest BCUT2D eigenvalue weighted by Gasteiger charge is 2.07. The van der Waals surface area contributed by atoms with E-state index in [1.54, 1.807) is 0 Å². The van der Waals surface area contributed by atoms with E-state index in [0.29, 0.717) is 0 Å². The van der Waals surface area contributed by atoms with Crippen molar-refractivity contribution in [1.29, 1.82) is 0 Å². The zero-order chi connectivity index (χ0) is 14.0. The van der Waals surface area contributed by atoms with E-state index in [2.05, 4.69) is 57.5 Å². The Balaban J connectivity index is 4.10. The van der Waals surface area contributed by atoms with Gasteiger partial charge in [-0.25, -0.2) is 0 Å². The fourth-order valence-corrected chi connectivity index (χ4v) is 2.07. The van der Waals surface area contributed by atoms with E-state index in [4.69, 9.17) is 0 Å². The Morgan fingerprint density at radius 2 is 1.67 bits per heavy atom. The summed E-state index contributed by atoms with van der Waals surface area (Å²) < 4.78 is 0. The van der Waals surface area contributed by atoms with E-state index in [-0.39, 0.29) is 0 Å². The van der Waals surface area contributed by atoms with Gasteiger partial charge in [0.05, 0.1) is 0 Å². The molecule has 2 heteroatoms. The van der Waals surface area contributed by atoms with Crippen LogP contribution < -0.4 is 0 Å². The first-order valence-corrected chi connectivity index (χ1v) is 7.40. The number of allylic oxidation sites excluding steroid dienone is 2. The summed E-state index contributed by atoms with van der Waals surface area (Å²) in [6, 6.07) is 0. The molecule has 0 spiro atoms. The molecule has 0 rings (SSSR count). The van der Waals surface area contributed by atoms with Gasteiger partial charge in [-0.1, -0.05) is 40.2 Å². The van der Waals surface area contributed by atoms with Crippen molar-refractivity contribution in [2.45, 2.75) is 66.7 Å². The van der Waals surface area contributed by atoms with Crippen LogP contribution >= 0.6 is 0 Å². The average molecular weight is 252 g/mol. The number of hydrazone groups is 1. The molecule has 0 unspecified atom stereocenters. The van der Waals surface area contributed by atoms with Gasteiger partial charge in [0.15, 0.2) is 0 Å². The molecule has 0 radical (unpaired) electrons. The first-order valence-electron chi connectivity index (χ1n) is 7.40. The van der Waals surface area contributed by atoms with Crippen LogP contribution in [0.25, 0.3) is 0 Å². The molecule has 0 N–H and O–H groups in total. The summed E-state index contributed by atoms with van der Waals surface area (Å²) in [5.41, 5.74) is 1.33. The third-order valence-corrected chi connectivity index (χ3v) is 3.20. The Bertz CT molecular complexity index is 241. The molecule has 0 aromatic heterocycles. The summed E-state index contributed by atoms with van der Waals surface area (Å²) in [7, 11) is 0.